The van der Waals surface area contributed by atoms with Gasteiger partial charge in [0.05, 0.1) is 17.7 Å². The maximum Gasteiger partial charge on any atom is 0.267 e. The first kappa shape index (κ1) is 23.7. The van der Waals surface area contributed by atoms with E-state index in [1.54, 1.807) is 37.4 Å². The first-order valence-electron chi connectivity index (χ1n) is 9.79. The van der Waals surface area contributed by atoms with E-state index in [0.29, 0.717) is 17.1 Å². The van der Waals surface area contributed by atoms with Crippen LogP contribution >= 0.6 is 0 Å². The molecule has 3 rings (SSSR count). The van der Waals surface area contributed by atoms with Gasteiger partial charge in [0.2, 0.25) is 11.8 Å². The molecule has 1 heterocycles. The molecular formula is C22H22N4O6S. The third kappa shape index (κ3) is 5.63. The lowest BCUT2D eigenvalue weighted by Crippen LogP contribution is -2.33. The quantitative estimate of drug-likeness (QED) is 0.538. The highest BCUT2D eigenvalue weighted by molar-refractivity contribution is 7.90. The van der Waals surface area contributed by atoms with Crippen LogP contribution in [-0.2, 0) is 19.6 Å². The van der Waals surface area contributed by atoms with Crippen molar-refractivity contribution >= 4 is 27.5 Å². The molecule has 2 amide bonds. The van der Waals surface area contributed by atoms with Crippen LogP contribution < -0.4 is 20.3 Å². The van der Waals surface area contributed by atoms with E-state index < -0.39 is 33.4 Å². The highest BCUT2D eigenvalue weighted by atomic mass is 32.2. The number of hydrogen-bond acceptors (Lipinski definition) is 7. The summed E-state index contributed by atoms with van der Waals surface area (Å²) in [4.78, 5) is 36.0. The van der Waals surface area contributed by atoms with Gasteiger partial charge in [0, 0.05) is 24.2 Å². The monoisotopic (exact) mass is 470 g/mol. The minimum Gasteiger partial charge on any atom is -0.497 e. The number of benzene rings is 2. The van der Waals surface area contributed by atoms with Crippen molar-refractivity contribution in [3.8, 4) is 17.0 Å². The Morgan fingerprint density at radius 1 is 1.00 bits per heavy atom. The summed E-state index contributed by atoms with van der Waals surface area (Å²) >= 11 is 0. The molecule has 1 aromatic heterocycles. The van der Waals surface area contributed by atoms with Crippen LogP contribution in [0.1, 0.15) is 19.9 Å². The Kier molecular flexibility index (Phi) is 6.92. The highest BCUT2D eigenvalue weighted by Crippen LogP contribution is 2.20. The van der Waals surface area contributed by atoms with Gasteiger partial charge < -0.3 is 10.1 Å². The fourth-order valence-electron chi connectivity index (χ4n) is 2.94. The Morgan fingerprint density at radius 3 is 2.21 bits per heavy atom. The molecule has 1 unspecified atom stereocenters. The summed E-state index contributed by atoms with van der Waals surface area (Å²) in [6, 6.07) is 14.3. The van der Waals surface area contributed by atoms with Crippen molar-refractivity contribution in [3.05, 3.63) is 71.0 Å². The summed E-state index contributed by atoms with van der Waals surface area (Å²) in [5.41, 5.74) is 1.11. The Morgan fingerprint density at radius 2 is 1.64 bits per heavy atom. The summed E-state index contributed by atoms with van der Waals surface area (Å²) < 4.78 is 32.1. The van der Waals surface area contributed by atoms with Crippen LogP contribution in [0.2, 0.25) is 0 Å². The zero-order valence-electron chi connectivity index (χ0n) is 18.1. The van der Waals surface area contributed by atoms with E-state index in [0.717, 1.165) is 17.2 Å². The minimum absolute atomic E-state index is 0.131. The van der Waals surface area contributed by atoms with E-state index in [-0.39, 0.29) is 4.90 Å². The summed E-state index contributed by atoms with van der Waals surface area (Å²) in [6.45, 7) is 2.62. The number of rotatable bonds is 7. The molecule has 2 aromatic carbocycles. The number of nitrogens with zero attached hydrogens (tertiary/aromatic N) is 2. The second kappa shape index (κ2) is 9.65. The molecule has 3 aromatic rings. The van der Waals surface area contributed by atoms with Crippen LogP contribution in [-0.4, -0.2) is 37.1 Å². The maximum atomic E-state index is 12.7. The lowest BCUT2D eigenvalue weighted by atomic mass is 10.1. The lowest BCUT2D eigenvalue weighted by molar-refractivity contribution is -0.119. The zero-order chi connectivity index (χ0) is 24.2. The van der Waals surface area contributed by atoms with Gasteiger partial charge in [-0.05, 0) is 61.5 Å². The molecule has 10 nitrogen and oxygen atoms in total. The highest BCUT2D eigenvalue weighted by Gasteiger charge is 2.19. The van der Waals surface area contributed by atoms with Gasteiger partial charge in [-0.1, -0.05) is 0 Å². The van der Waals surface area contributed by atoms with E-state index in [1.165, 1.54) is 37.3 Å². The third-order valence-electron chi connectivity index (χ3n) is 4.67. The second-order valence-corrected chi connectivity index (χ2v) is 8.76. The van der Waals surface area contributed by atoms with Crippen molar-refractivity contribution in [3.63, 3.8) is 0 Å². The van der Waals surface area contributed by atoms with E-state index >= 15 is 0 Å². The third-order valence-corrected chi connectivity index (χ3v) is 6.12. The molecule has 0 aliphatic rings. The van der Waals surface area contributed by atoms with Gasteiger partial charge in [-0.15, -0.1) is 0 Å². The number of amides is 2. The fourth-order valence-corrected chi connectivity index (χ4v) is 3.93. The SMILES string of the molecule is COc1ccc(-c2ccc(=O)n(C(C)C(=O)Nc3ccc(S(=O)(=O)NC(C)=O)cc3)n2)cc1. The van der Waals surface area contributed by atoms with Gasteiger partial charge in [-0.2, -0.15) is 5.10 Å². The molecule has 2 N–H and O–H groups in total. The summed E-state index contributed by atoms with van der Waals surface area (Å²) in [7, 11) is -2.42. The molecule has 0 bridgehead atoms. The lowest BCUT2D eigenvalue weighted by Gasteiger charge is -2.15. The topological polar surface area (TPSA) is 136 Å². The number of ether oxygens (including phenoxy) is 1. The number of anilines is 1. The molecule has 11 heteroatoms. The standard InChI is InChI=1S/C22H22N4O6S/c1-14(22(29)23-17-6-10-19(11-7-17)33(30,31)25-15(2)27)26-21(28)13-12-20(24-26)16-4-8-18(32-3)9-5-16/h4-14H,1-3H3,(H,23,29)(H,25,27). The van der Waals surface area contributed by atoms with Crippen LogP contribution in [0.15, 0.2) is 70.4 Å². The first-order chi connectivity index (χ1) is 15.6. The molecule has 0 fully saturated rings. The van der Waals surface area contributed by atoms with Crippen molar-refractivity contribution in [2.45, 2.75) is 24.8 Å². The Hall–Kier alpha value is -3.99. The predicted octanol–water partition coefficient (Wildman–Crippen LogP) is 1.94. The van der Waals surface area contributed by atoms with E-state index in [2.05, 4.69) is 10.4 Å². The summed E-state index contributed by atoms with van der Waals surface area (Å²) in [5.74, 6) is -0.555. The van der Waals surface area contributed by atoms with Crippen LogP contribution in [0.25, 0.3) is 11.3 Å². The molecule has 33 heavy (non-hydrogen) atoms. The number of carbonyl (C=O) groups excluding carboxylic acids is 2. The van der Waals surface area contributed by atoms with Crippen molar-refractivity contribution in [2.24, 2.45) is 0 Å². The minimum atomic E-state index is -3.98. The largest absolute Gasteiger partial charge is 0.497 e. The number of methoxy groups -OCH3 is 1. The van der Waals surface area contributed by atoms with Crippen molar-refractivity contribution in [2.75, 3.05) is 12.4 Å². The number of hydrogen-bond donors (Lipinski definition) is 2. The molecular weight excluding hydrogens is 448 g/mol. The van der Waals surface area contributed by atoms with E-state index in [1.807, 2.05) is 4.72 Å². The van der Waals surface area contributed by atoms with Gasteiger partial charge in [0.25, 0.3) is 15.6 Å². The Balaban J connectivity index is 1.78. The molecule has 0 saturated heterocycles. The molecule has 0 aliphatic carbocycles. The Bertz CT molecular complexity index is 1330. The molecule has 1 atom stereocenters. The predicted molar refractivity (Wildman–Crippen MR) is 121 cm³/mol. The molecule has 0 saturated carbocycles. The van der Waals surface area contributed by atoms with E-state index in [4.69, 9.17) is 4.74 Å². The molecule has 0 aliphatic heterocycles. The van der Waals surface area contributed by atoms with Crippen molar-refractivity contribution in [1.29, 1.82) is 0 Å². The molecule has 0 radical (unpaired) electrons. The van der Waals surface area contributed by atoms with Crippen molar-refractivity contribution < 1.29 is 22.7 Å². The summed E-state index contributed by atoms with van der Waals surface area (Å²) in [6.07, 6.45) is 0. The van der Waals surface area contributed by atoms with Crippen LogP contribution in [0.5, 0.6) is 5.75 Å². The zero-order valence-corrected chi connectivity index (χ0v) is 18.9. The number of aromatic nitrogens is 2. The second-order valence-electron chi connectivity index (χ2n) is 7.08. The average molecular weight is 471 g/mol. The van der Waals surface area contributed by atoms with Crippen LogP contribution in [0.4, 0.5) is 5.69 Å². The Labute approximate surface area is 190 Å². The molecule has 172 valence electrons. The normalized spacial score (nSPS) is 12.0. The van der Waals surface area contributed by atoms with Crippen molar-refractivity contribution in [1.82, 2.24) is 14.5 Å². The van der Waals surface area contributed by atoms with Gasteiger partial charge in [-0.3, -0.25) is 14.4 Å². The van der Waals surface area contributed by atoms with Gasteiger partial charge in [0.1, 0.15) is 11.8 Å². The van der Waals surface area contributed by atoms with Gasteiger partial charge >= 0.3 is 0 Å². The smallest absolute Gasteiger partial charge is 0.267 e. The molecule has 0 spiro atoms. The maximum absolute atomic E-state index is 12.7. The fraction of sp³-hybridized carbons (Fsp3) is 0.182. The van der Waals surface area contributed by atoms with Crippen LogP contribution in [0, 0.1) is 0 Å². The van der Waals surface area contributed by atoms with E-state index in [9.17, 15) is 22.8 Å². The number of sulfonamides is 1. The number of carbonyl (C=O) groups is 2. The van der Waals surface area contributed by atoms with Gasteiger partial charge in [-0.25, -0.2) is 17.8 Å². The average Bonchev–Trinajstić information content (AvgIpc) is 2.78. The number of nitrogens with one attached hydrogen (secondary N) is 2. The van der Waals surface area contributed by atoms with Gasteiger partial charge in [0.15, 0.2) is 0 Å². The first-order valence-corrected chi connectivity index (χ1v) is 11.3. The summed E-state index contributed by atoms with van der Waals surface area (Å²) in [5, 5.41) is 6.94. The van der Waals surface area contributed by atoms with Crippen LogP contribution in [0.3, 0.4) is 0 Å².